The lowest BCUT2D eigenvalue weighted by Gasteiger charge is -2.12. The first-order valence-electron chi connectivity index (χ1n) is 7.60. The van der Waals surface area contributed by atoms with Gasteiger partial charge in [-0.2, -0.15) is 5.10 Å². The van der Waals surface area contributed by atoms with Crippen LogP contribution in [0.5, 0.6) is 17.2 Å². The molecule has 0 amide bonds. The third-order valence-corrected chi connectivity index (χ3v) is 3.65. The molecule has 0 atom stereocenters. The van der Waals surface area contributed by atoms with Crippen LogP contribution in [0.3, 0.4) is 0 Å². The van der Waals surface area contributed by atoms with Crippen LogP contribution in [0.25, 0.3) is 6.08 Å². The van der Waals surface area contributed by atoms with Gasteiger partial charge >= 0.3 is 0 Å². The number of hydrogen-bond donors (Lipinski definition) is 0. The first kappa shape index (κ1) is 17.6. The summed E-state index contributed by atoms with van der Waals surface area (Å²) in [5.41, 5.74) is 2.09. The maximum Gasteiger partial charge on any atom is 0.203 e. The second-order valence-corrected chi connectivity index (χ2v) is 5.14. The van der Waals surface area contributed by atoms with E-state index < -0.39 is 0 Å². The zero-order chi connectivity index (χ0) is 17.7. The van der Waals surface area contributed by atoms with E-state index in [9.17, 15) is 4.79 Å². The number of benzene rings is 1. The van der Waals surface area contributed by atoms with Gasteiger partial charge in [-0.15, -0.1) is 0 Å². The Balaban J connectivity index is 2.31. The lowest BCUT2D eigenvalue weighted by molar-refractivity contribution is 0.104. The average molecular weight is 330 g/mol. The van der Waals surface area contributed by atoms with Crippen LogP contribution in [0, 0.1) is 6.92 Å². The van der Waals surface area contributed by atoms with Crippen molar-refractivity contribution in [3.63, 3.8) is 0 Å². The van der Waals surface area contributed by atoms with Crippen LogP contribution in [0.1, 0.15) is 28.5 Å². The smallest absolute Gasteiger partial charge is 0.203 e. The molecule has 0 spiro atoms. The molecule has 1 heterocycles. The summed E-state index contributed by atoms with van der Waals surface area (Å²) in [5.74, 6) is 1.50. The summed E-state index contributed by atoms with van der Waals surface area (Å²) in [7, 11) is 4.66. The van der Waals surface area contributed by atoms with Crippen molar-refractivity contribution < 1.29 is 19.0 Å². The van der Waals surface area contributed by atoms with Crippen molar-refractivity contribution in [2.24, 2.45) is 0 Å². The number of allylic oxidation sites excluding steroid dienone is 1. The number of nitrogens with zero attached hydrogens (tertiary/aromatic N) is 2. The quantitative estimate of drug-likeness (QED) is 0.576. The van der Waals surface area contributed by atoms with E-state index in [-0.39, 0.29) is 5.78 Å². The minimum absolute atomic E-state index is 0.0963. The third kappa shape index (κ3) is 3.59. The van der Waals surface area contributed by atoms with E-state index in [4.69, 9.17) is 14.2 Å². The summed E-state index contributed by atoms with van der Waals surface area (Å²) in [5, 5.41) is 4.29. The van der Waals surface area contributed by atoms with Gasteiger partial charge in [-0.25, -0.2) is 0 Å². The fraction of sp³-hybridized carbons (Fsp3) is 0.333. The number of rotatable bonds is 7. The zero-order valence-corrected chi connectivity index (χ0v) is 14.6. The van der Waals surface area contributed by atoms with E-state index in [1.807, 2.05) is 13.8 Å². The maximum atomic E-state index is 12.4. The van der Waals surface area contributed by atoms with Gasteiger partial charge in [0.2, 0.25) is 5.75 Å². The zero-order valence-electron chi connectivity index (χ0n) is 14.6. The highest BCUT2D eigenvalue weighted by Gasteiger charge is 2.13. The molecule has 1 aromatic carbocycles. The van der Waals surface area contributed by atoms with Gasteiger partial charge in [-0.3, -0.25) is 9.48 Å². The van der Waals surface area contributed by atoms with E-state index in [1.165, 1.54) is 6.08 Å². The van der Waals surface area contributed by atoms with Crippen molar-refractivity contribution in [1.82, 2.24) is 9.78 Å². The number of carbonyl (C=O) groups excluding carboxylic acids is 1. The molecule has 1 aromatic heterocycles. The van der Waals surface area contributed by atoms with Crippen LogP contribution >= 0.6 is 0 Å². The molecule has 0 saturated carbocycles. The van der Waals surface area contributed by atoms with Crippen LogP contribution in [-0.2, 0) is 6.54 Å². The molecule has 2 rings (SSSR count). The summed E-state index contributed by atoms with van der Waals surface area (Å²) in [6.45, 7) is 4.53. The topological polar surface area (TPSA) is 62.6 Å². The average Bonchev–Trinajstić information content (AvgIpc) is 2.99. The van der Waals surface area contributed by atoms with Gasteiger partial charge < -0.3 is 14.2 Å². The normalized spacial score (nSPS) is 10.9. The van der Waals surface area contributed by atoms with Gasteiger partial charge in [-0.05, 0) is 37.6 Å². The third-order valence-electron chi connectivity index (χ3n) is 3.65. The predicted octanol–water partition coefficient (Wildman–Crippen LogP) is 3.13. The number of methoxy groups -OCH3 is 3. The highest BCUT2D eigenvalue weighted by Crippen LogP contribution is 2.38. The lowest BCUT2D eigenvalue weighted by Crippen LogP contribution is -1.97. The van der Waals surface area contributed by atoms with Gasteiger partial charge in [0.05, 0.1) is 32.6 Å². The minimum Gasteiger partial charge on any atom is -0.493 e. The van der Waals surface area contributed by atoms with Crippen molar-refractivity contribution in [2.75, 3.05) is 21.3 Å². The summed E-state index contributed by atoms with van der Waals surface area (Å²) >= 11 is 0. The van der Waals surface area contributed by atoms with Gasteiger partial charge in [0.15, 0.2) is 17.3 Å². The van der Waals surface area contributed by atoms with Gasteiger partial charge in [-0.1, -0.05) is 6.08 Å². The van der Waals surface area contributed by atoms with Crippen LogP contribution in [0.2, 0.25) is 0 Å². The number of ether oxygens (including phenoxy) is 3. The molecule has 2 aromatic rings. The molecule has 0 saturated heterocycles. The van der Waals surface area contributed by atoms with Crippen molar-refractivity contribution in [3.8, 4) is 17.2 Å². The second-order valence-electron chi connectivity index (χ2n) is 5.14. The lowest BCUT2D eigenvalue weighted by atomic mass is 10.1. The number of carbonyl (C=O) groups is 1. The molecule has 0 aliphatic heterocycles. The number of aryl methyl sites for hydroxylation is 2. The predicted molar refractivity (Wildman–Crippen MR) is 92.1 cm³/mol. The summed E-state index contributed by atoms with van der Waals surface area (Å²) < 4.78 is 17.7. The molecule has 128 valence electrons. The summed E-state index contributed by atoms with van der Waals surface area (Å²) in [6, 6.07) is 3.57. The Kier molecular flexibility index (Phi) is 5.63. The Labute approximate surface area is 141 Å². The first-order chi connectivity index (χ1) is 11.5. The summed E-state index contributed by atoms with van der Waals surface area (Å²) in [4.78, 5) is 12.4. The van der Waals surface area contributed by atoms with Gasteiger partial charge in [0.1, 0.15) is 0 Å². The van der Waals surface area contributed by atoms with Gasteiger partial charge in [0.25, 0.3) is 0 Å². The Hall–Kier alpha value is -2.76. The van der Waals surface area contributed by atoms with Crippen LogP contribution in [0.4, 0.5) is 0 Å². The number of ketones is 1. The number of hydrogen-bond acceptors (Lipinski definition) is 5. The van der Waals surface area contributed by atoms with E-state index >= 15 is 0 Å². The molecule has 0 radical (unpaired) electrons. The Morgan fingerprint density at radius 2 is 1.79 bits per heavy atom. The monoisotopic (exact) mass is 330 g/mol. The number of aromatic nitrogens is 2. The van der Waals surface area contributed by atoms with E-state index in [0.717, 1.165) is 17.8 Å². The van der Waals surface area contributed by atoms with Gasteiger partial charge in [0, 0.05) is 12.7 Å². The molecule has 24 heavy (non-hydrogen) atoms. The van der Waals surface area contributed by atoms with E-state index in [0.29, 0.717) is 22.8 Å². The van der Waals surface area contributed by atoms with E-state index in [2.05, 4.69) is 5.10 Å². The first-order valence-corrected chi connectivity index (χ1v) is 7.60. The van der Waals surface area contributed by atoms with Crippen molar-refractivity contribution in [2.45, 2.75) is 20.4 Å². The molecular formula is C18H22N2O4. The molecular weight excluding hydrogens is 308 g/mol. The highest BCUT2D eigenvalue weighted by atomic mass is 16.5. The molecule has 0 bridgehead atoms. The largest absolute Gasteiger partial charge is 0.493 e. The SMILES string of the molecule is CCn1cc(C(=O)C=Cc2cc(OC)c(OC)c(OC)c2)c(C)n1. The molecule has 0 aliphatic carbocycles. The molecule has 6 heteroatoms. The standard InChI is InChI=1S/C18H22N2O4/c1-6-20-11-14(12(2)19-20)15(21)8-7-13-9-16(22-3)18(24-5)17(10-13)23-4/h7-11H,6H2,1-5H3. The van der Waals surface area contributed by atoms with Crippen LogP contribution in [0.15, 0.2) is 24.4 Å². The van der Waals surface area contributed by atoms with Crippen LogP contribution in [-0.4, -0.2) is 36.9 Å². The maximum absolute atomic E-state index is 12.4. The molecule has 6 nitrogen and oxygen atoms in total. The van der Waals surface area contributed by atoms with Crippen LogP contribution < -0.4 is 14.2 Å². The molecule has 0 aliphatic rings. The minimum atomic E-state index is -0.0963. The molecule has 0 fully saturated rings. The van der Waals surface area contributed by atoms with Crippen molar-refractivity contribution in [1.29, 1.82) is 0 Å². The summed E-state index contributed by atoms with van der Waals surface area (Å²) in [6.07, 6.45) is 5.00. The second kappa shape index (κ2) is 7.68. The van der Waals surface area contributed by atoms with Crippen molar-refractivity contribution >= 4 is 11.9 Å². The Morgan fingerprint density at radius 3 is 2.25 bits per heavy atom. The van der Waals surface area contributed by atoms with E-state index in [1.54, 1.807) is 50.4 Å². The Bertz CT molecular complexity index is 737. The molecule has 0 N–H and O–H groups in total. The fourth-order valence-electron chi connectivity index (χ4n) is 2.38. The highest BCUT2D eigenvalue weighted by molar-refractivity contribution is 6.07. The fourth-order valence-corrected chi connectivity index (χ4v) is 2.38. The Morgan fingerprint density at radius 1 is 1.17 bits per heavy atom. The van der Waals surface area contributed by atoms with Crippen molar-refractivity contribution in [3.05, 3.63) is 41.2 Å². The molecule has 0 unspecified atom stereocenters.